The lowest BCUT2D eigenvalue weighted by atomic mass is 10.00. The smallest absolute Gasteiger partial charge is 0.274 e. The fourth-order valence-corrected chi connectivity index (χ4v) is 2.50. The topological polar surface area (TPSA) is 38.1 Å². The van der Waals surface area contributed by atoms with Crippen LogP contribution in [-0.2, 0) is 20.0 Å². The van der Waals surface area contributed by atoms with Gasteiger partial charge in [-0.05, 0) is 30.5 Å². The highest BCUT2D eigenvalue weighted by Gasteiger charge is 2.23. The first-order valence-electron chi connectivity index (χ1n) is 6.52. The third kappa shape index (κ3) is 2.14. The molecule has 1 aliphatic heterocycles. The fraction of sp³-hybridized carbons (Fsp3) is 0.333. The van der Waals surface area contributed by atoms with Gasteiger partial charge in [-0.3, -0.25) is 9.48 Å². The maximum Gasteiger partial charge on any atom is 0.274 e. The number of carbonyl (C=O) groups is 1. The summed E-state index contributed by atoms with van der Waals surface area (Å²) in [5.74, 6) is 0.0261. The van der Waals surface area contributed by atoms with Gasteiger partial charge in [0.05, 0.1) is 0 Å². The minimum absolute atomic E-state index is 0.0261. The molecule has 1 aromatic carbocycles. The molecule has 0 fully saturated rings. The molecule has 4 heteroatoms. The minimum atomic E-state index is 0.0261. The quantitative estimate of drug-likeness (QED) is 0.781. The number of amides is 1. The predicted molar refractivity (Wildman–Crippen MR) is 72.8 cm³/mol. The second kappa shape index (κ2) is 4.53. The summed E-state index contributed by atoms with van der Waals surface area (Å²) in [6.07, 6.45) is 0.924. The van der Waals surface area contributed by atoms with E-state index >= 15 is 0 Å². The highest BCUT2D eigenvalue weighted by molar-refractivity contribution is 5.92. The number of carbonyl (C=O) groups excluding carboxylic acids is 1. The Morgan fingerprint density at radius 1 is 1.26 bits per heavy atom. The third-order valence-electron chi connectivity index (χ3n) is 3.75. The largest absolute Gasteiger partial charge is 0.333 e. The lowest BCUT2D eigenvalue weighted by Gasteiger charge is -2.28. The molecule has 0 aliphatic carbocycles. The van der Waals surface area contributed by atoms with Gasteiger partial charge >= 0.3 is 0 Å². The first-order valence-corrected chi connectivity index (χ1v) is 6.52. The minimum Gasteiger partial charge on any atom is -0.333 e. The molecular formula is C15H17N3O. The maximum atomic E-state index is 12.4. The van der Waals surface area contributed by atoms with Gasteiger partial charge in [0.25, 0.3) is 5.91 Å². The van der Waals surface area contributed by atoms with E-state index in [1.54, 1.807) is 4.68 Å². The monoisotopic (exact) mass is 255 g/mol. The fourth-order valence-electron chi connectivity index (χ4n) is 2.50. The van der Waals surface area contributed by atoms with E-state index in [1.807, 2.05) is 31.0 Å². The SMILES string of the molecule is Cc1cc(C(=O)N2CCc3ccccc3C2)nn1C. The Balaban J connectivity index is 1.83. The Bertz CT molecular complexity index is 611. The summed E-state index contributed by atoms with van der Waals surface area (Å²) in [4.78, 5) is 14.3. The van der Waals surface area contributed by atoms with Crippen molar-refractivity contribution < 1.29 is 4.79 Å². The number of aryl methyl sites for hydroxylation is 2. The third-order valence-corrected chi connectivity index (χ3v) is 3.75. The number of aromatic nitrogens is 2. The Labute approximate surface area is 112 Å². The molecule has 2 heterocycles. The molecule has 0 saturated heterocycles. The van der Waals surface area contributed by atoms with Crippen molar-refractivity contribution in [3.63, 3.8) is 0 Å². The van der Waals surface area contributed by atoms with Gasteiger partial charge in [-0.15, -0.1) is 0 Å². The van der Waals surface area contributed by atoms with Gasteiger partial charge in [-0.2, -0.15) is 5.10 Å². The summed E-state index contributed by atoms with van der Waals surface area (Å²) < 4.78 is 1.74. The number of fused-ring (bicyclic) bond motifs is 1. The van der Waals surface area contributed by atoms with Crippen molar-refractivity contribution in [3.05, 3.63) is 52.8 Å². The second-order valence-electron chi connectivity index (χ2n) is 5.04. The summed E-state index contributed by atoms with van der Waals surface area (Å²) in [7, 11) is 1.86. The van der Waals surface area contributed by atoms with Crippen LogP contribution in [0.15, 0.2) is 30.3 Å². The van der Waals surface area contributed by atoms with Crippen molar-refractivity contribution in [3.8, 4) is 0 Å². The summed E-state index contributed by atoms with van der Waals surface area (Å²) in [6, 6.07) is 10.2. The lowest BCUT2D eigenvalue weighted by Crippen LogP contribution is -2.36. The number of hydrogen-bond acceptors (Lipinski definition) is 2. The van der Waals surface area contributed by atoms with E-state index in [0.717, 1.165) is 18.7 Å². The van der Waals surface area contributed by atoms with Crippen molar-refractivity contribution in [2.45, 2.75) is 19.9 Å². The van der Waals surface area contributed by atoms with E-state index < -0.39 is 0 Å². The summed E-state index contributed by atoms with van der Waals surface area (Å²) in [5.41, 5.74) is 4.14. The van der Waals surface area contributed by atoms with Crippen molar-refractivity contribution in [1.29, 1.82) is 0 Å². The Hall–Kier alpha value is -2.10. The highest BCUT2D eigenvalue weighted by Crippen LogP contribution is 2.20. The number of hydrogen-bond donors (Lipinski definition) is 0. The van der Waals surface area contributed by atoms with Crippen LogP contribution in [0.5, 0.6) is 0 Å². The molecule has 3 rings (SSSR count). The van der Waals surface area contributed by atoms with Crippen LogP contribution >= 0.6 is 0 Å². The van der Waals surface area contributed by atoms with Crippen molar-refractivity contribution in [2.24, 2.45) is 7.05 Å². The van der Waals surface area contributed by atoms with Gasteiger partial charge in [0.2, 0.25) is 0 Å². The van der Waals surface area contributed by atoms with Gasteiger partial charge < -0.3 is 4.90 Å². The van der Waals surface area contributed by atoms with E-state index in [2.05, 4.69) is 23.3 Å². The Kier molecular flexibility index (Phi) is 2.85. The standard InChI is InChI=1S/C15H17N3O/c1-11-9-14(16-17(11)2)15(19)18-8-7-12-5-3-4-6-13(12)10-18/h3-6,9H,7-8,10H2,1-2H3. The average molecular weight is 255 g/mol. The summed E-state index contributed by atoms with van der Waals surface area (Å²) in [6.45, 7) is 3.41. The number of rotatable bonds is 1. The predicted octanol–water partition coefficient (Wildman–Crippen LogP) is 1.93. The van der Waals surface area contributed by atoms with Crippen molar-refractivity contribution in [1.82, 2.24) is 14.7 Å². The molecule has 0 N–H and O–H groups in total. The first-order chi connectivity index (χ1) is 9.15. The molecule has 0 unspecified atom stereocenters. The van der Waals surface area contributed by atoms with E-state index in [0.29, 0.717) is 12.2 Å². The van der Waals surface area contributed by atoms with E-state index in [1.165, 1.54) is 11.1 Å². The van der Waals surface area contributed by atoms with E-state index in [4.69, 9.17) is 0 Å². The molecule has 1 amide bonds. The summed E-state index contributed by atoms with van der Waals surface area (Å²) >= 11 is 0. The average Bonchev–Trinajstić information content (AvgIpc) is 2.77. The summed E-state index contributed by atoms with van der Waals surface area (Å²) in [5, 5.41) is 4.27. The normalized spacial score (nSPS) is 14.3. The molecule has 4 nitrogen and oxygen atoms in total. The molecule has 0 atom stereocenters. The van der Waals surface area contributed by atoms with Crippen LogP contribution in [0.3, 0.4) is 0 Å². The van der Waals surface area contributed by atoms with Gasteiger partial charge in [0.1, 0.15) is 0 Å². The molecule has 0 bridgehead atoms. The van der Waals surface area contributed by atoms with Crippen molar-refractivity contribution >= 4 is 5.91 Å². The number of benzene rings is 1. The van der Waals surface area contributed by atoms with Gasteiger partial charge in [0.15, 0.2) is 5.69 Å². The molecule has 98 valence electrons. The lowest BCUT2D eigenvalue weighted by molar-refractivity contribution is 0.0728. The van der Waals surface area contributed by atoms with Crippen LogP contribution in [0, 0.1) is 6.92 Å². The van der Waals surface area contributed by atoms with Crippen molar-refractivity contribution in [2.75, 3.05) is 6.54 Å². The Morgan fingerprint density at radius 2 is 2.00 bits per heavy atom. The zero-order valence-corrected chi connectivity index (χ0v) is 11.3. The van der Waals surface area contributed by atoms with Crippen LogP contribution in [0.4, 0.5) is 0 Å². The van der Waals surface area contributed by atoms with E-state index in [9.17, 15) is 4.79 Å². The van der Waals surface area contributed by atoms with Gasteiger partial charge in [-0.1, -0.05) is 24.3 Å². The van der Waals surface area contributed by atoms with Crippen LogP contribution in [0.2, 0.25) is 0 Å². The van der Waals surface area contributed by atoms with Crippen LogP contribution < -0.4 is 0 Å². The van der Waals surface area contributed by atoms with Crippen LogP contribution in [0.25, 0.3) is 0 Å². The molecular weight excluding hydrogens is 238 g/mol. The van der Waals surface area contributed by atoms with Gasteiger partial charge in [-0.25, -0.2) is 0 Å². The van der Waals surface area contributed by atoms with Crippen LogP contribution in [0.1, 0.15) is 27.3 Å². The van der Waals surface area contributed by atoms with Crippen LogP contribution in [-0.4, -0.2) is 27.1 Å². The number of nitrogens with zero attached hydrogens (tertiary/aromatic N) is 3. The molecule has 2 aromatic rings. The van der Waals surface area contributed by atoms with E-state index in [-0.39, 0.29) is 5.91 Å². The maximum absolute atomic E-state index is 12.4. The zero-order chi connectivity index (χ0) is 13.4. The Morgan fingerprint density at radius 3 is 2.68 bits per heavy atom. The molecule has 1 aliphatic rings. The molecule has 0 radical (unpaired) electrons. The van der Waals surface area contributed by atoms with Gasteiger partial charge in [0, 0.05) is 25.8 Å². The molecule has 19 heavy (non-hydrogen) atoms. The molecule has 0 spiro atoms. The zero-order valence-electron chi connectivity index (χ0n) is 11.3. The first kappa shape index (κ1) is 12.0. The molecule has 0 saturated carbocycles. The molecule has 1 aromatic heterocycles. The highest BCUT2D eigenvalue weighted by atomic mass is 16.2. The second-order valence-corrected chi connectivity index (χ2v) is 5.04.